The molecule has 0 radical (unpaired) electrons. The second kappa shape index (κ2) is 6.56. The van der Waals surface area contributed by atoms with E-state index in [1.807, 2.05) is 50.3 Å². The highest BCUT2D eigenvalue weighted by molar-refractivity contribution is 8.27. The molecule has 0 bridgehead atoms. The van der Waals surface area contributed by atoms with E-state index in [4.69, 9.17) is 16.6 Å². The largest absolute Gasteiger partial charge is 0.465 e. The molecule has 0 atom stereocenters. The SMILES string of the molecule is Cc1ccc(N2C(=O)C(=CC=Cc3ccco3)SC2=S)cc1C. The highest BCUT2D eigenvalue weighted by atomic mass is 32.2. The van der Waals surface area contributed by atoms with Crippen LogP contribution >= 0.6 is 24.0 Å². The van der Waals surface area contributed by atoms with Crippen molar-refractivity contribution in [1.29, 1.82) is 0 Å². The summed E-state index contributed by atoms with van der Waals surface area (Å²) in [5.41, 5.74) is 3.14. The molecule has 1 amide bonds. The Labute approximate surface area is 144 Å². The van der Waals surface area contributed by atoms with Gasteiger partial charge in [0.25, 0.3) is 5.91 Å². The monoisotopic (exact) mass is 341 g/mol. The summed E-state index contributed by atoms with van der Waals surface area (Å²) in [6.45, 7) is 4.07. The minimum Gasteiger partial charge on any atom is -0.465 e. The fraction of sp³-hybridized carbons (Fsp3) is 0.111. The minimum atomic E-state index is -0.0904. The highest BCUT2D eigenvalue weighted by Crippen LogP contribution is 2.35. The molecule has 0 aliphatic carbocycles. The molecule has 1 aromatic carbocycles. The third kappa shape index (κ3) is 3.30. The lowest BCUT2D eigenvalue weighted by Gasteiger charge is -2.15. The number of allylic oxidation sites excluding steroid dienone is 2. The number of aryl methyl sites for hydroxylation is 2. The van der Waals surface area contributed by atoms with Crippen LogP contribution in [0.2, 0.25) is 0 Å². The maximum atomic E-state index is 12.6. The smallest absolute Gasteiger partial charge is 0.270 e. The van der Waals surface area contributed by atoms with Gasteiger partial charge in [0.2, 0.25) is 0 Å². The van der Waals surface area contributed by atoms with Crippen molar-refractivity contribution < 1.29 is 9.21 Å². The molecule has 3 nitrogen and oxygen atoms in total. The summed E-state index contributed by atoms with van der Waals surface area (Å²) >= 11 is 6.68. The summed E-state index contributed by atoms with van der Waals surface area (Å²) in [7, 11) is 0. The summed E-state index contributed by atoms with van der Waals surface area (Å²) in [5, 5.41) is 0. The van der Waals surface area contributed by atoms with Gasteiger partial charge in [-0.3, -0.25) is 9.69 Å². The quantitative estimate of drug-likeness (QED) is 0.590. The van der Waals surface area contributed by atoms with E-state index in [1.54, 1.807) is 23.3 Å². The van der Waals surface area contributed by atoms with Crippen LogP contribution in [0.4, 0.5) is 5.69 Å². The summed E-state index contributed by atoms with van der Waals surface area (Å²) in [5.74, 6) is 0.651. The number of hydrogen-bond donors (Lipinski definition) is 0. The van der Waals surface area contributed by atoms with Crippen LogP contribution in [-0.4, -0.2) is 10.2 Å². The molecule has 5 heteroatoms. The summed E-state index contributed by atoms with van der Waals surface area (Å²) in [4.78, 5) is 14.8. The number of carbonyl (C=O) groups excluding carboxylic acids is 1. The fourth-order valence-electron chi connectivity index (χ4n) is 2.19. The van der Waals surface area contributed by atoms with Crippen LogP contribution in [-0.2, 0) is 4.79 Å². The van der Waals surface area contributed by atoms with Crippen molar-refractivity contribution in [3.63, 3.8) is 0 Å². The van der Waals surface area contributed by atoms with E-state index in [-0.39, 0.29) is 5.91 Å². The average molecular weight is 341 g/mol. The lowest BCUT2D eigenvalue weighted by molar-refractivity contribution is -0.113. The summed E-state index contributed by atoms with van der Waals surface area (Å²) in [6, 6.07) is 9.59. The number of benzene rings is 1. The van der Waals surface area contributed by atoms with Crippen molar-refractivity contribution >= 4 is 46.0 Å². The van der Waals surface area contributed by atoms with E-state index in [0.717, 1.165) is 17.0 Å². The molecule has 3 rings (SSSR count). The van der Waals surface area contributed by atoms with Crippen molar-refractivity contribution in [2.45, 2.75) is 13.8 Å². The van der Waals surface area contributed by atoms with Gasteiger partial charge >= 0.3 is 0 Å². The number of nitrogens with zero attached hydrogens (tertiary/aromatic N) is 1. The van der Waals surface area contributed by atoms with E-state index in [2.05, 4.69) is 0 Å². The number of anilines is 1. The molecular weight excluding hydrogens is 326 g/mol. The number of hydrogen-bond acceptors (Lipinski definition) is 4. The molecule has 1 saturated heterocycles. The predicted molar refractivity (Wildman–Crippen MR) is 99.4 cm³/mol. The number of amides is 1. The molecule has 1 fully saturated rings. The molecule has 0 saturated carbocycles. The number of thioether (sulfide) groups is 1. The number of furan rings is 1. The standard InChI is InChI=1S/C18H15NO2S2/c1-12-8-9-14(11-13(12)2)19-17(20)16(23-18(19)22)7-3-5-15-6-4-10-21-15/h3-11H,1-2H3. The van der Waals surface area contributed by atoms with Crippen molar-refractivity contribution in [1.82, 2.24) is 0 Å². The molecule has 23 heavy (non-hydrogen) atoms. The van der Waals surface area contributed by atoms with E-state index in [1.165, 1.54) is 17.3 Å². The maximum Gasteiger partial charge on any atom is 0.270 e. The third-order valence-electron chi connectivity index (χ3n) is 3.59. The summed E-state index contributed by atoms with van der Waals surface area (Å²) < 4.78 is 5.77. The topological polar surface area (TPSA) is 33.5 Å². The Morgan fingerprint density at radius 2 is 2.04 bits per heavy atom. The first-order valence-corrected chi connectivity index (χ1v) is 8.34. The van der Waals surface area contributed by atoms with Gasteiger partial charge in [-0.05, 0) is 61.4 Å². The van der Waals surface area contributed by atoms with Crippen LogP contribution in [0.15, 0.2) is 58.1 Å². The Hall–Kier alpha value is -2.11. The molecule has 116 valence electrons. The van der Waals surface area contributed by atoms with E-state index in [0.29, 0.717) is 9.23 Å². The molecule has 2 aromatic rings. The fourth-order valence-corrected chi connectivity index (χ4v) is 3.44. The zero-order valence-corrected chi connectivity index (χ0v) is 14.4. The van der Waals surface area contributed by atoms with Crippen molar-refractivity contribution in [2.24, 2.45) is 0 Å². The van der Waals surface area contributed by atoms with E-state index in [9.17, 15) is 4.79 Å². The van der Waals surface area contributed by atoms with Gasteiger partial charge in [-0.25, -0.2) is 0 Å². The highest BCUT2D eigenvalue weighted by Gasteiger charge is 2.32. The minimum absolute atomic E-state index is 0.0904. The predicted octanol–water partition coefficient (Wildman–Crippen LogP) is 4.86. The van der Waals surface area contributed by atoms with Crippen LogP contribution in [0.5, 0.6) is 0 Å². The Balaban J connectivity index is 1.83. The Morgan fingerprint density at radius 3 is 2.74 bits per heavy atom. The van der Waals surface area contributed by atoms with Gasteiger partial charge in [0.15, 0.2) is 4.32 Å². The third-order valence-corrected chi connectivity index (χ3v) is 4.91. The second-order valence-electron chi connectivity index (χ2n) is 5.18. The van der Waals surface area contributed by atoms with Gasteiger partial charge < -0.3 is 4.42 Å². The molecule has 1 aromatic heterocycles. The van der Waals surface area contributed by atoms with Crippen LogP contribution in [0.1, 0.15) is 16.9 Å². The van der Waals surface area contributed by atoms with Crippen LogP contribution in [0.25, 0.3) is 6.08 Å². The normalized spacial score (nSPS) is 17.0. The van der Waals surface area contributed by atoms with Gasteiger partial charge in [0, 0.05) is 0 Å². The lowest BCUT2D eigenvalue weighted by atomic mass is 10.1. The average Bonchev–Trinajstić information content (AvgIpc) is 3.12. The molecule has 0 N–H and O–H groups in total. The number of carbonyl (C=O) groups is 1. The van der Waals surface area contributed by atoms with Crippen LogP contribution in [0.3, 0.4) is 0 Å². The first-order chi connectivity index (χ1) is 11.1. The van der Waals surface area contributed by atoms with E-state index >= 15 is 0 Å². The summed E-state index contributed by atoms with van der Waals surface area (Å²) in [6.07, 6.45) is 6.98. The molecule has 1 aliphatic rings. The molecule has 1 aliphatic heterocycles. The zero-order chi connectivity index (χ0) is 16.4. The zero-order valence-electron chi connectivity index (χ0n) is 12.8. The second-order valence-corrected chi connectivity index (χ2v) is 6.86. The van der Waals surface area contributed by atoms with Crippen LogP contribution in [0, 0.1) is 13.8 Å². The van der Waals surface area contributed by atoms with Gasteiger partial charge in [-0.15, -0.1) is 0 Å². The Bertz CT molecular complexity index is 820. The first-order valence-electron chi connectivity index (χ1n) is 7.11. The Morgan fingerprint density at radius 1 is 1.22 bits per heavy atom. The van der Waals surface area contributed by atoms with Crippen molar-refractivity contribution in [2.75, 3.05) is 4.90 Å². The molecule has 0 unspecified atom stereocenters. The van der Waals surface area contributed by atoms with Gasteiger partial charge in [0.05, 0.1) is 16.9 Å². The van der Waals surface area contributed by atoms with E-state index < -0.39 is 0 Å². The van der Waals surface area contributed by atoms with Crippen molar-refractivity contribution in [3.05, 3.63) is 70.5 Å². The maximum absolute atomic E-state index is 12.6. The Kier molecular flexibility index (Phi) is 4.50. The molecular formula is C18H15NO2S2. The van der Waals surface area contributed by atoms with Crippen molar-refractivity contribution in [3.8, 4) is 0 Å². The van der Waals surface area contributed by atoms with Gasteiger partial charge in [-0.1, -0.05) is 36.1 Å². The molecule has 0 spiro atoms. The first kappa shape index (κ1) is 15.8. The lowest BCUT2D eigenvalue weighted by Crippen LogP contribution is -2.27. The van der Waals surface area contributed by atoms with Gasteiger partial charge in [0.1, 0.15) is 5.76 Å². The van der Waals surface area contributed by atoms with Crippen LogP contribution < -0.4 is 4.90 Å². The molecule has 2 heterocycles. The number of rotatable bonds is 3. The van der Waals surface area contributed by atoms with Gasteiger partial charge in [-0.2, -0.15) is 0 Å². The number of thiocarbonyl (C=S) groups is 1.